The van der Waals surface area contributed by atoms with Crippen LogP contribution in [-0.4, -0.2) is 35.4 Å². The summed E-state index contributed by atoms with van der Waals surface area (Å²) < 4.78 is 11.0. The fourth-order valence-electron chi connectivity index (χ4n) is 3.62. The minimum absolute atomic E-state index is 0.0314. The molecule has 3 heterocycles. The molecular weight excluding hydrogens is 354 g/mol. The second kappa shape index (κ2) is 8.02. The fourth-order valence-corrected chi connectivity index (χ4v) is 3.62. The van der Waals surface area contributed by atoms with Gasteiger partial charge in [-0.1, -0.05) is 31.2 Å². The highest BCUT2D eigenvalue weighted by Crippen LogP contribution is 2.26. The lowest BCUT2D eigenvalue weighted by Gasteiger charge is -2.36. The first-order valence-electron chi connectivity index (χ1n) is 9.75. The number of carbonyl (C=O) groups is 1. The molecule has 4 rings (SSSR count). The van der Waals surface area contributed by atoms with E-state index in [2.05, 4.69) is 41.5 Å². The van der Waals surface area contributed by atoms with Gasteiger partial charge in [0.1, 0.15) is 5.76 Å². The smallest absolute Gasteiger partial charge is 0.263 e. The van der Waals surface area contributed by atoms with Crippen LogP contribution in [0.15, 0.2) is 51.5 Å². The van der Waals surface area contributed by atoms with Gasteiger partial charge in [-0.3, -0.25) is 4.79 Å². The van der Waals surface area contributed by atoms with Crippen molar-refractivity contribution < 1.29 is 13.6 Å². The molecule has 3 aromatic rings. The molecule has 28 heavy (non-hydrogen) atoms. The average molecular weight is 379 g/mol. The molecule has 2 aromatic heterocycles. The summed E-state index contributed by atoms with van der Waals surface area (Å²) in [6, 6.07) is 12.2. The first-order chi connectivity index (χ1) is 13.7. The highest BCUT2D eigenvalue weighted by atomic mass is 16.4. The van der Waals surface area contributed by atoms with Crippen molar-refractivity contribution in [2.24, 2.45) is 0 Å². The Labute approximate surface area is 164 Å². The Morgan fingerprint density at radius 3 is 2.82 bits per heavy atom. The van der Waals surface area contributed by atoms with Crippen LogP contribution in [0, 0.1) is 6.92 Å². The maximum absolute atomic E-state index is 13.1. The van der Waals surface area contributed by atoms with Gasteiger partial charge in [0.2, 0.25) is 5.91 Å². The highest BCUT2D eigenvalue weighted by molar-refractivity contribution is 5.79. The Morgan fingerprint density at radius 2 is 2.11 bits per heavy atom. The maximum Gasteiger partial charge on any atom is 0.263 e. The van der Waals surface area contributed by atoms with Gasteiger partial charge in [-0.05, 0) is 36.6 Å². The maximum atomic E-state index is 13.1. The van der Waals surface area contributed by atoms with Crippen molar-refractivity contribution in [2.75, 3.05) is 19.6 Å². The van der Waals surface area contributed by atoms with Gasteiger partial charge in [0, 0.05) is 19.6 Å². The molecule has 0 saturated carbocycles. The van der Waals surface area contributed by atoms with Gasteiger partial charge in [0.25, 0.3) is 5.89 Å². The predicted octanol–water partition coefficient (Wildman–Crippen LogP) is 3.52. The molecule has 0 spiro atoms. The number of benzene rings is 1. The quantitative estimate of drug-likeness (QED) is 0.734. The Bertz CT molecular complexity index is 929. The minimum atomic E-state index is 0.0314. The van der Waals surface area contributed by atoms with E-state index >= 15 is 0 Å². The van der Waals surface area contributed by atoms with Crippen LogP contribution in [0.25, 0.3) is 11.7 Å². The van der Waals surface area contributed by atoms with Crippen molar-refractivity contribution in [3.05, 3.63) is 65.2 Å². The lowest BCUT2D eigenvalue weighted by Crippen LogP contribution is -2.49. The predicted molar refractivity (Wildman–Crippen MR) is 106 cm³/mol. The number of nitrogens with one attached hydrogen (secondary N) is 1. The van der Waals surface area contributed by atoms with E-state index in [1.165, 1.54) is 5.56 Å². The second-order valence-electron chi connectivity index (χ2n) is 7.08. The minimum Gasteiger partial charge on any atom is -0.459 e. The summed E-state index contributed by atoms with van der Waals surface area (Å²) in [5.74, 6) is 1.70. The largest absolute Gasteiger partial charge is 0.459 e. The van der Waals surface area contributed by atoms with E-state index in [1.807, 2.05) is 11.8 Å². The average Bonchev–Trinajstić information content (AvgIpc) is 3.38. The van der Waals surface area contributed by atoms with E-state index in [0.29, 0.717) is 29.6 Å². The van der Waals surface area contributed by atoms with Crippen molar-refractivity contribution in [3.63, 3.8) is 0 Å². The van der Waals surface area contributed by atoms with Crippen LogP contribution in [0.2, 0.25) is 0 Å². The third-order valence-corrected chi connectivity index (χ3v) is 5.28. The number of piperazine rings is 1. The molecule has 1 aliphatic rings. The van der Waals surface area contributed by atoms with E-state index in [-0.39, 0.29) is 18.4 Å². The molecular formula is C22H25N3O3. The summed E-state index contributed by atoms with van der Waals surface area (Å²) in [6.07, 6.45) is 2.81. The molecule has 1 aromatic carbocycles. The van der Waals surface area contributed by atoms with E-state index in [9.17, 15) is 4.79 Å². The zero-order valence-corrected chi connectivity index (χ0v) is 16.3. The number of oxazole rings is 1. The SMILES string of the molecule is CCc1ccc(C2CNCCN2C(=O)Cc2nc(-c3ccco3)oc2C)cc1. The first-order valence-corrected chi connectivity index (χ1v) is 9.75. The first kappa shape index (κ1) is 18.5. The van der Waals surface area contributed by atoms with Crippen LogP contribution in [0.3, 0.4) is 0 Å². The molecule has 1 aliphatic heterocycles. The number of hydrogen-bond donors (Lipinski definition) is 1. The molecule has 1 N–H and O–H groups in total. The fraction of sp³-hybridized carbons (Fsp3) is 0.364. The number of aromatic nitrogens is 1. The topological polar surface area (TPSA) is 71.5 Å². The van der Waals surface area contributed by atoms with Gasteiger partial charge < -0.3 is 19.1 Å². The Hall–Kier alpha value is -2.86. The van der Waals surface area contributed by atoms with Gasteiger partial charge in [-0.15, -0.1) is 0 Å². The summed E-state index contributed by atoms with van der Waals surface area (Å²) in [4.78, 5) is 19.6. The summed E-state index contributed by atoms with van der Waals surface area (Å²) in [5, 5.41) is 3.40. The molecule has 1 saturated heterocycles. The van der Waals surface area contributed by atoms with Crippen molar-refractivity contribution in [2.45, 2.75) is 32.7 Å². The number of carbonyl (C=O) groups excluding carboxylic acids is 1. The van der Waals surface area contributed by atoms with E-state index in [4.69, 9.17) is 8.83 Å². The third-order valence-electron chi connectivity index (χ3n) is 5.28. The molecule has 0 aliphatic carbocycles. The van der Waals surface area contributed by atoms with Gasteiger partial charge in [-0.25, -0.2) is 4.98 Å². The van der Waals surface area contributed by atoms with Crippen LogP contribution >= 0.6 is 0 Å². The number of hydrogen-bond acceptors (Lipinski definition) is 5. The number of nitrogens with zero attached hydrogens (tertiary/aromatic N) is 2. The normalized spacial score (nSPS) is 17.1. The van der Waals surface area contributed by atoms with Crippen LogP contribution in [-0.2, 0) is 17.6 Å². The van der Waals surface area contributed by atoms with E-state index < -0.39 is 0 Å². The lowest BCUT2D eigenvalue weighted by molar-refractivity contribution is -0.133. The van der Waals surface area contributed by atoms with Crippen molar-refractivity contribution in [3.8, 4) is 11.7 Å². The molecule has 6 heteroatoms. The highest BCUT2D eigenvalue weighted by Gasteiger charge is 2.29. The van der Waals surface area contributed by atoms with Crippen LogP contribution < -0.4 is 5.32 Å². The molecule has 6 nitrogen and oxygen atoms in total. The zero-order chi connectivity index (χ0) is 19.5. The summed E-state index contributed by atoms with van der Waals surface area (Å²) in [6.45, 7) is 6.21. The molecule has 1 amide bonds. The van der Waals surface area contributed by atoms with Crippen LogP contribution in [0.1, 0.15) is 35.5 Å². The number of aryl methyl sites for hydroxylation is 2. The molecule has 1 unspecified atom stereocenters. The van der Waals surface area contributed by atoms with E-state index in [1.54, 1.807) is 18.4 Å². The van der Waals surface area contributed by atoms with Gasteiger partial charge in [-0.2, -0.15) is 0 Å². The van der Waals surface area contributed by atoms with Crippen molar-refractivity contribution in [1.82, 2.24) is 15.2 Å². The molecule has 1 fully saturated rings. The molecule has 146 valence electrons. The van der Waals surface area contributed by atoms with Gasteiger partial charge in [0.05, 0.1) is 24.4 Å². The van der Waals surface area contributed by atoms with Crippen molar-refractivity contribution >= 4 is 5.91 Å². The standard InChI is InChI=1S/C22H25N3O3/c1-3-16-6-8-17(9-7-16)19-14-23-10-11-25(19)21(26)13-18-15(2)28-22(24-18)20-5-4-12-27-20/h4-9,12,19,23H,3,10-11,13-14H2,1-2H3. The Morgan fingerprint density at radius 1 is 1.29 bits per heavy atom. The van der Waals surface area contributed by atoms with E-state index in [0.717, 1.165) is 25.1 Å². The second-order valence-corrected chi connectivity index (χ2v) is 7.08. The summed E-state index contributed by atoms with van der Waals surface area (Å²) in [5.41, 5.74) is 3.12. The van der Waals surface area contributed by atoms with Gasteiger partial charge >= 0.3 is 0 Å². The Balaban J connectivity index is 1.52. The molecule has 0 bridgehead atoms. The monoisotopic (exact) mass is 379 g/mol. The van der Waals surface area contributed by atoms with Crippen LogP contribution in [0.5, 0.6) is 0 Å². The van der Waals surface area contributed by atoms with Gasteiger partial charge in [0.15, 0.2) is 5.76 Å². The Kier molecular flexibility index (Phi) is 5.30. The van der Waals surface area contributed by atoms with Crippen molar-refractivity contribution in [1.29, 1.82) is 0 Å². The zero-order valence-electron chi connectivity index (χ0n) is 16.3. The number of furan rings is 1. The lowest BCUT2D eigenvalue weighted by atomic mass is 10.0. The summed E-state index contributed by atoms with van der Waals surface area (Å²) in [7, 11) is 0. The molecule has 1 atom stereocenters. The molecule has 0 radical (unpaired) electrons. The number of rotatable bonds is 5. The summed E-state index contributed by atoms with van der Waals surface area (Å²) >= 11 is 0. The number of amides is 1. The third kappa shape index (κ3) is 3.73. The van der Waals surface area contributed by atoms with Crippen LogP contribution in [0.4, 0.5) is 0 Å².